The molecule has 0 aromatic heterocycles. The molecule has 0 atom stereocenters. The third-order valence-corrected chi connectivity index (χ3v) is 2.27. The molecule has 1 aromatic carbocycles. The van der Waals surface area contributed by atoms with E-state index in [4.69, 9.17) is 20.9 Å². The molecular formula is C12H18N2O3. The van der Waals surface area contributed by atoms with Crippen molar-refractivity contribution in [2.75, 3.05) is 31.8 Å². The number of nitrogen functional groups attached to an aromatic ring is 2. The molecule has 4 N–H and O–H groups in total. The highest BCUT2D eigenvalue weighted by Crippen LogP contribution is 2.16. The van der Waals surface area contributed by atoms with Gasteiger partial charge in [0.1, 0.15) is 0 Å². The molecular weight excluding hydrogens is 220 g/mol. The Morgan fingerprint density at radius 2 is 1.94 bits per heavy atom. The number of esters is 1. The zero-order valence-electron chi connectivity index (χ0n) is 9.94. The molecule has 0 aliphatic rings. The van der Waals surface area contributed by atoms with E-state index in [1.54, 1.807) is 25.3 Å². The summed E-state index contributed by atoms with van der Waals surface area (Å²) in [4.78, 5) is 11.6. The summed E-state index contributed by atoms with van der Waals surface area (Å²) >= 11 is 0. The van der Waals surface area contributed by atoms with Crippen LogP contribution in [0.4, 0.5) is 11.4 Å². The summed E-state index contributed by atoms with van der Waals surface area (Å²) in [6, 6.07) is 4.74. The summed E-state index contributed by atoms with van der Waals surface area (Å²) in [5.74, 6) is -0.417. The van der Waals surface area contributed by atoms with E-state index in [2.05, 4.69) is 0 Å². The summed E-state index contributed by atoms with van der Waals surface area (Å²) in [6.45, 7) is 1.04. The van der Waals surface area contributed by atoms with Crippen molar-refractivity contribution in [1.82, 2.24) is 0 Å². The maximum atomic E-state index is 11.6. The summed E-state index contributed by atoms with van der Waals surface area (Å²) in [5, 5.41) is 0. The van der Waals surface area contributed by atoms with Gasteiger partial charge in [0.25, 0.3) is 0 Å². The van der Waals surface area contributed by atoms with Crippen LogP contribution in [0.1, 0.15) is 23.2 Å². The third-order valence-electron chi connectivity index (χ3n) is 2.27. The van der Waals surface area contributed by atoms with Crippen LogP contribution >= 0.6 is 0 Å². The summed E-state index contributed by atoms with van der Waals surface area (Å²) in [6.07, 6.45) is 1.63. The molecule has 0 bridgehead atoms. The second-order valence-corrected chi connectivity index (χ2v) is 3.68. The fourth-order valence-corrected chi connectivity index (χ4v) is 1.36. The van der Waals surface area contributed by atoms with E-state index in [-0.39, 0.29) is 0 Å². The molecule has 5 heteroatoms. The second-order valence-electron chi connectivity index (χ2n) is 3.68. The zero-order chi connectivity index (χ0) is 12.7. The van der Waals surface area contributed by atoms with Crippen LogP contribution in [0.3, 0.4) is 0 Å². The van der Waals surface area contributed by atoms with E-state index in [0.29, 0.717) is 30.2 Å². The molecule has 0 fully saturated rings. The summed E-state index contributed by atoms with van der Waals surface area (Å²) in [5.41, 5.74) is 12.4. The molecule has 0 unspecified atom stereocenters. The number of hydrogen-bond donors (Lipinski definition) is 2. The lowest BCUT2D eigenvalue weighted by atomic mass is 10.1. The smallest absolute Gasteiger partial charge is 0.340 e. The molecule has 5 nitrogen and oxygen atoms in total. The Morgan fingerprint density at radius 3 is 2.59 bits per heavy atom. The van der Waals surface area contributed by atoms with Gasteiger partial charge in [0.15, 0.2) is 0 Å². The molecule has 0 aliphatic heterocycles. The first-order valence-corrected chi connectivity index (χ1v) is 5.46. The molecule has 17 heavy (non-hydrogen) atoms. The van der Waals surface area contributed by atoms with Crippen LogP contribution in [-0.2, 0) is 9.47 Å². The number of anilines is 2. The minimum atomic E-state index is -0.417. The van der Waals surface area contributed by atoms with Gasteiger partial charge in [-0.1, -0.05) is 0 Å². The van der Waals surface area contributed by atoms with E-state index in [1.807, 2.05) is 0 Å². The number of rotatable bonds is 6. The Balaban J connectivity index is 2.42. The van der Waals surface area contributed by atoms with Gasteiger partial charge in [-0.3, -0.25) is 0 Å². The average molecular weight is 238 g/mol. The lowest BCUT2D eigenvalue weighted by Crippen LogP contribution is -2.10. The number of benzene rings is 1. The fraction of sp³-hybridized carbons (Fsp3) is 0.417. The highest BCUT2D eigenvalue weighted by atomic mass is 16.5. The summed E-state index contributed by atoms with van der Waals surface area (Å²) in [7, 11) is 1.64. The Bertz CT molecular complexity index is 380. The van der Waals surface area contributed by atoms with Gasteiger partial charge in [0.2, 0.25) is 0 Å². The standard InChI is InChI=1S/C12H18N2O3/c1-16-6-2-3-7-17-12(15)10-5-4-9(13)8-11(10)14/h4-5,8H,2-3,6-7,13-14H2,1H3. The number of unbranched alkanes of at least 4 members (excludes halogenated alkanes) is 1. The van der Waals surface area contributed by atoms with E-state index in [0.717, 1.165) is 12.8 Å². The molecule has 0 saturated carbocycles. The van der Waals surface area contributed by atoms with Gasteiger partial charge in [0.05, 0.1) is 12.2 Å². The van der Waals surface area contributed by atoms with Gasteiger partial charge in [-0.15, -0.1) is 0 Å². The molecule has 1 rings (SSSR count). The minimum absolute atomic E-state index is 0.340. The topological polar surface area (TPSA) is 87.6 Å². The minimum Gasteiger partial charge on any atom is -0.462 e. The number of nitrogens with two attached hydrogens (primary N) is 2. The van der Waals surface area contributed by atoms with Gasteiger partial charge < -0.3 is 20.9 Å². The number of methoxy groups -OCH3 is 1. The zero-order valence-corrected chi connectivity index (χ0v) is 9.94. The first-order chi connectivity index (χ1) is 8.15. The normalized spacial score (nSPS) is 10.2. The lowest BCUT2D eigenvalue weighted by molar-refractivity contribution is 0.0490. The van der Waals surface area contributed by atoms with Crippen LogP contribution in [0, 0.1) is 0 Å². The quantitative estimate of drug-likeness (QED) is 0.444. The van der Waals surface area contributed by atoms with Crippen molar-refractivity contribution in [1.29, 1.82) is 0 Å². The van der Waals surface area contributed by atoms with Crippen LogP contribution < -0.4 is 11.5 Å². The molecule has 0 radical (unpaired) electrons. The van der Waals surface area contributed by atoms with Gasteiger partial charge in [0, 0.05) is 25.1 Å². The van der Waals surface area contributed by atoms with Crippen molar-refractivity contribution in [2.45, 2.75) is 12.8 Å². The van der Waals surface area contributed by atoms with Crippen molar-refractivity contribution in [3.63, 3.8) is 0 Å². The first kappa shape index (κ1) is 13.3. The fourth-order valence-electron chi connectivity index (χ4n) is 1.36. The highest BCUT2D eigenvalue weighted by molar-refractivity contribution is 5.95. The van der Waals surface area contributed by atoms with Crippen molar-refractivity contribution < 1.29 is 14.3 Å². The van der Waals surface area contributed by atoms with Gasteiger partial charge in [-0.05, 0) is 31.0 Å². The average Bonchev–Trinajstić information content (AvgIpc) is 2.28. The van der Waals surface area contributed by atoms with Crippen molar-refractivity contribution in [3.8, 4) is 0 Å². The van der Waals surface area contributed by atoms with E-state index in [1.165, 1.54) is 0 Å². The molecule has 0 saturated heterocycles. The molecule has 0 heterocycles. The molecule has 0 spiro atoms. The lowest BCUT2D eigenvalue weighted by Gasteiger charge is -2.07. The van der Waals surface area contributed by atoms with Crippen molar-refractivity contribution in [2.24, 2.45) is 0 Å². The molecule has 1 aromatic rings. The van der Waals surface area contributed by atoms with Gasteiger partial charge >= 0.3 is 5.97 Å². The Morgan fingerprint density at radius 1 is 1.24 bits per heavy atom. The van der Waals surface area contributed by atoms with E-state index in [9.17, 15) is 4.79 Å². The Hall–Kier alpha value is -1.75. The van der Waals surface area contributed by atoms with E-state index >= 15 is 0 Å². The number of carbonyl (C=O) groups is 1. The van der Waals surface area contributed by atoms with Crippen molar-refractivity contribution in [3.05, 3.63) is 23.8 Å². The van der Waals surface area contributed by atoms with Crippen LogP contribution in [0.25, 0.3) is 0 Å². The summed E-state index contributed by atoms with van der Waals surface area (Å²) < 4.78 is 9.97. The Kier molecular flexibility index (Phi) is 5.29. The Labute approximate surface area is 101 Å². The van der Waals surface area contributed by atoms with Gasteiger partial charge in [-0.25, -0.2) is 4.79 Å². The largest absolute Gasteiger partial charge is 0.462 e. The molecule has 94 valence electrons. The van der Waals surface area contributed by atoms with Crippen LogP contribution in [0.2, 0.25) is 0 Å². The first-order valence-electron chi connectivity index (χ1n) is 5.46. The van der Waals surface area contributed by atoms with Gasteiger partial charge in [-0.2, -0.15) is 0 Å². The molecule has 0 amide bonds. The van der Waals surface area contributed by atoms with Crippen molar-refractivity contribution >= 4 is 17.3 Å². The predicted octanol–water partition coefficient (Wildman–Crippen LogP) is 1.43. The van der Waals surface area contributed by atoms with E-state index < -0.39 is 5.97 Å². The second kappa shape index (κ2) is 6.75. The molecule has 0 aliphatic carbocycles. The number of hydrogen-bond acceptors (Lipinski definition) is 5. The maximum Gasteiger partial charge on any atom is 0.340 e. The SMILES string of the molecule is COCCCCOC(=O)c1ccc(N)cc1N. The third kappa shape index (κ3) is 4.32. The van der Waals surface area contributed by atoms with Crippen LogP contribution in [0.5, 0.6) is 0 Å². The van der Waals surface area contributed by atoms with Crippen LogP contribution in [-0.4, -0.2) is 26.3 Å². The van der Waals surface area contributed by atoms with Crippen LogP contribution in [0.15, 0.2) is 18.2 Å². The monoisotopic (exact) mass is 238 g/mol. The predicted molar refractivity (Wildman–Crippen MR) is 66.7 cm³/mol. The highest BCUT2D eigenvalue weighted by Gasteiger charge is 2.10. The number of ether oxygens (including phenoxy) is 2. The maximum absolute atomic E-state index is 11.6. The number of carbonyl (C=O) groups excluding carboxylic acids is 1.